The van der Waals surface area contributed by atoms with Gasteiger partial charge in [0.05, 0.1) is 0 Å². The molecule has 0 aliphatic carbocycles. The zero-order valence-electron chi connectivity index (χ0n) is 26.0. The highest BCUT2D eigenvalue weighted by molar-refractivity contribution is 5.74. The van der Waals surface area contributed by atoms with Gasteiger partial charge in [-0.05, 0) is 73.4 Å². The van der Waals surface area contributed by atoms with E-state index in [2.05, 4.69) is 26.8 Å². The lowest BCUT2D eigenvalue weighted by Crippen LogP contribution is -2.08. The van der Waals surface area contributed by atoms with Gasteiger partial charge in [-0.15, -0.1) is 15.0 Å². The van der Waals surface area contributed by atoms with Crippen LogP contribution in [0, 0.1) is 0 Å². The molecule has 0 saturated carbocycles. The number of aromatic nitrogens is 3. The van der Waals surface area contributed by atoms with E-state index in [1.165, 1.54) is 126 Å². The van der Waals surface area contributed by atoms with Crippen LogP contribution in [-0.4, -0.2) is 20.1 Å². The summed E-state index contributed by atoms with van der Waals surface area (Å²) in [7, 11) is 0. The predicted molar refractivity (Wildman–Crippen MR) is 172 cm³/mol. The van der Waals surface area contributed by atoms with Gasteiger partial charge in [0.25, 0.3) is 0 Å². The molecule has 0 aliphatic heterocycles. The third-order valence-electron chi connectivity index (χ3n) is 8.45. The first-order chi connectivity index (χ1) is 19.7. The Bertz CT molecular complexity index is 1070. The topological polar surface area (TPSA) is 50.9 Å². The van der Waals surface area contributed by atoms with Crippen molar-refractivity contribution < 1.29 is 5.11 Å². The first-order valence-corrected chi connectivity index (χ1v) is 16.9. The SMILES string of the molecule is CCCCCCCCc1cc(-n2nc3ccccc3n2)c(O)c(CCCCCCCC)c1CCCCCCCC. The van der Waals surface area contributed by atoms with Crippen LogP contribution in [0.1, 0.15) is 153 Å². The lowest BCUT2D eigenvalue weighted by molar-refractivity contribution is 0.456. The second-order valence-electron chi connectivity index (χ2n) is 11.9. The number of phenolic OH excluding ortho intramolecular Hbond substituents is 1. The Balaban J connectivity index is 1.88. The van der Waals surface area contributed by atoms with Gasteiger partial charge >= 0.3 is 0 Å². The van der Waals surface area contributed by atoms with Crippen molar-refractivity contribution in [3.05, 3.63) is 47.0 Å². The molecule has 0 spiro atoms. The summed E-state index contributed by atoms with van der Waals surface area (Å²) in [5.74, 6) is 0.404. The van der Waals surface area contributed by atoms with Crippen LogP contribution < -0.4 is 0 Å². The van der Waals surface area contributed by atoms with Crippen molar-refractivity contribution in [1.82, 2.24) is 15.0 Å². The maximum Gasteiger partial charge on any atom is 0.146 e. The number of phenols is 1. The summed E-state index contributed by atoms with van der Waals surface area (Å²) in [6.45, 7) is 6.84. The third kappa shape index (κ3) is 10.2. The number of aryl methyl sites for hydroxylation is 1. The second-order valence-corrected chi connectivity index (χ2v) is 11.9. The molecule has 4 heteroatoms. The molecule has 0 unspecified atom stereocenters. The zero-order valence-corrected chi connectivity index (χ0v) is 26.0. The number of unbranched alkanes of at least 4 members (excludes halogenated alkanes) is 15. The Hall–Kier alpha value is -2.36. The van der Waals surface area contributed by atoms with E-state index in [0.717, 1.165) is 42.4 Å². The van der Waals surface area contributed by atoms with Crippen LogP contribution in [0.2, 0.25) is 0 Å². The van der Waals surface area contributed by atoms with E-state index >= 15 is 0 Å². The van der Waals surface area contributed by atoms with Crippen LogP contribution in [0.15, 0.2) is 30.3 Å². The van der Waals surface area contributed by atoms with Crippen LogP contribution in [0.5, 0.6) is 5.75 Å². The summed E-state index contributed by atoms with van der Waals surface area (Å²) in [5, 5.41) is 21.3. The van der Waals surface area contributed by atoms with Gasteiger partial charge in [0.15, 0.2) is 0 Å². The fourth-order valence-corrected chi connectivity index (χ4v) is 6.00. The van der Waals surface area contributed by atoms with E-state index < -0.39 is 0 Å². The average Bonchev–Trinajstić information content (AvgIpc) is 3.40. The first kappa shape index (κ1) is 32.2. The van der Waals surface area contributed by atoms with E-state index in [-0.39, 0.29) is 0 Å². The lowest BCUT2D eigenvalue weighted by atomic mass is 9.88. The first-order valence-electron chi connectivity index (χ1n) is 16.9. The molecule has 0 radical (unpaired) electrons. The third-order valence-corrected chi connectivity index (χ3v) is 8.45. The number of rotatable bonds is 22. The van der Waals surface area contributed by atoms with Crippen molar-refractivity contribution in [2.75, 3.05) is 0 Å². The monoisotopic (exact) mass is 547 g/mol. The Kier molecular flexibility index (Phi) is 15.2. The van der Waals surface area contributed by atoms with Crippen molar-refractivity contribution in [3.63, 3.8) is 0 Å². The molecule has 0 atom stereocenters. The summed E-state index contributed by atoms with van der Waals surface area (Å²) < 4.78 is 0. The smallest absolute Gasteiger partial charge is 0.146 e. The van der Waals surface area contributed by atoms with Gasteiger partial charge in [-0.25, -0.2) is 0 Å². The van der Waals surface area contributed by atoms with Crippen molar-refractivity contribution in [3.8, 4) is 11.4 Å². The van der Waals surface area contributed by atoms with Gasteiger partial charge in [0.1, 0.15) is 22.5 Å². The maximum atomic E-state index is 11.8. The fourth-order valence-electron chi connectivity index (χ4n) is 6.00. The van der Waals surface area contributed by atoms with E-state index in [1.807, 2.05) is 24.3 Å². The van der Waals surface area contributed by atoms with Crippen molar-refractivity contribution in [2.45, 2.75) is 156 Å². The van der Waals surface area contributed by atoms with E-state index in [4.69, 9.17) is 10.2 Å². The molecule has 1 heterocycles. The van der Waals surface area contributed by atoms with Crippen LogP contribution >= 0.6 is 0 Å². The minimum atomic E-state index is 0.404. The number of hydrogen-bond acceptors (Lipinski definition) is 3. The van der Waals surface area contributed by atoms with Crippen LogP contribution in [0.4, 0.5) is 0 Å². The van der Waals surface area contributed by atoms with Gasteiger partial charge in [0, 0.05) is 0 Å². The molecule has 0 fully saturated rings. The molecule has 222 valence electrons. The van der Waals surface area contributed by atoms with Crippen LogP contribution in [-0.2, 0) is 19.3 Å². The predicted octanol–water partition coefficient (Wildman–Crippen LogP) is 10.8. The molecule has 0 bridgehead atoms. The average molecular weight is 548 g/mol. The molecule has 1 N–H and O–H groups in total. The Morgan fingerprint density at radius 2 is 0.975 bits per heavy atom. The standard InChI is InChI=1S/C36H57N3O/c1-4-7-10-13-16-19-24-30-29-35(39-37-33-27-22-23-28-34(33)38-39)36(40)32(26-21-18-15-12-9-6-3)31(30)25-20-17-14-11-8-5-2/h22-23,27-29,40H,4-21,24-26H2,1-3H3. The van der Waals surface area contributed by atoms with Crippen molar-refractivity contribution >= 4 is 11.0 Å². The number of hydrogen-bond donors (Lipinski definition) is 1. The largest absolute Gasteiger partial charge is 0.505 e. The van der Waals surface area contributed by atoms with Crippen molar-refractivity contribution in [2.24, 2.45) is 0 Å². The van der Waals surface area contributed by atoms with Gasteiger partial charge in [-0.3, -0.25) is 0 Å². The van der Waals surface area contributed by atoms with E-state index in [9.17, 15) is 5.11 Å². The summed E-state index contributed by atoms with van der Waals surface area (Å²) in [6.07, 6.45) is 26.2. The van der Waals surface area contributed by atoms with Gasteiger partial charge in [0.2, 0.25) is 0 Å². The zero-order chi connectivity index (χ0) is 28.4. The number of fused-ring (bicyclic) bond motifs is 1. The quantitative estimate of drug-likeness (QED) is 0.127. The van der Waals surface area contributed by atoms with Crippen LogP contribution in [0.25, 0.3) is 16.7 Å². The Morgan fingerprint density at radius 1 is 0.550 bits per heavy atom. The van der Waals surface area contributed by atoms with Crippen molar-refractivity contribution in [1.29, 1.82) is 0 Å². The molecule has 0 saturated heterocycles. The molecular weight excluding hydrogens is 490 g/mol. The van der Waals surface area contributed by atoms with Crippen LogP contribution in [0.3, 0.4) is 0 Å². The minimum absolute atomic E-state index is 0.404. The summed E-state index contributed by atoms with van der Waals surface area (Å²) in [4.78, 5) is 1.68. The molecule has 2 aromatic carbocycles. The summed E-state index contributed by atoms with van der Waals surface area (Å²) in [6, 6.07) is 10.2. The molecule has 40 heavy (non-hydrogen) atoms. The molecular formula is C36H57N3O. The highest BCUT2D eigenvalue weighted by Crippen LogP contribution is 2.35. The van der Waals surface area contributed by atoms with E-state index in [1.54, 1.807) is 4.80 Å². The highest BCUT2D eigenvalue weighted by Gasteiger charge is 2.20. The molecule has 0 aliphatic rings. The highest BCUT2D eigenvalue weighted by atomic mass is 16.3. The lowest BCUT2D eigenvalue weighted by Gasteiger charge is -2.20. The minimum Gasteiger partial charge on any atom is -0.505 e. The summed E-state index contributed by atoms with van der Waals surface area (Å²) in [5.41, 5.74) is 6.50. The number of nitrogens with zero attached hydrogens (tertiary/aromatic N) is 3. The molecule has 4 nitrogen and oxygen atoms in total. The normalized spacial score (nSPS) is 11.6. The van der Waals surface area contributed by atoms with Gasteiger partial charge in [-0.2, -0.15) is 0 Å². The second kappa shape index (κ2) is 18.9. The molecule has 3 aromatic rings. The summed E-state index contributed by atoms with van der Waals surface area (Å²) >= 11 is 0. The molecule has 0 amide bonds. The fraction of sp³-hybridized carbons (Fsp3) is 0.667. The molecule has 3 rings (SSSR count). The number of benzene rings is 2. The number of aromatic hydroxyl groups is 1. The Morgan fingerprint density at radius 3 is 1.48 bits per heavy atom. The van der Waals surface area contributed by atoms with E-state index in [0.29, 0.717) is 5.75 Å². The van der Waals surface area contributed by atoms with Gasteiger partial charge in [-0.1, -0.05) is 129 Å². The maximum absolute atomic E-state index is 11.8. The van der Waals surface area contributed by atoms with Gasteiger partial charge < -0.3 is 5.11 Å². The molecule has 1 aromatic heterocycles. The Labute approximate surface area is 245 Å².